The van der Waals surface area contributed by atoms with Crippen LogP contribution in [0.25, 0.3) is 0 Å². The third kappa shape index (κ3) is 6.35. The predicted molar refractivity (Wildman–Crippen MR) is 139 cm³/mol. The molecular weight excluding hydrogens is 464 g/mol. The van der Waals surface area contributed by atoms with Gasteiger partial charge in [-0.25, -0.2) is 0 Å². The Morgan fingerprint density at radius 3 is 2.40 bits per heavy atom. The zero-order chi connectivity index (χ0) is 25.7. The van der Waals surface area contributed by atoms with Crippen molar-refractivity contribution < 1.29 is 14.3 Å². The summed E-state index contributed by atoms with van der Waals surface area (Å²) < 4.78 is 5.22. The molecule has 0 bridgehead atoms. The van der Waals surface area contributed by atoms with Gasteiger partial charge in [-0.2, -0.15) is 0 Å². The summed E-state index contributed by atoms with van der Waals surface area (Å²) in [6, 6.07) is 5.58. The highest BCUT2D eigenvalue weighted by molar-refractivity contribution is 6.31. The summed E-state index contributed by atoms with van der Waals surface area (Å²) in [5, 5.41) is 3.44. The predicted octanol–water partition coefficient (Wildman–Crippen LogP) is 5.75. The maximum Gasteiger partial charge on any atom is 0.308 e. The van der Waals surface area contributed by atoms with Gasteiger partial charge >= 0.3 is 5.97 Å². The molecule has 0 saturated heterocycles. The molecule has 1 atom stereocenters. The summed E-state index contributed by atoms with van der Waals surface area (Å²) in [6.45, 7) is 10.2. The fraction of sp³-hybridized carbons (Fsp3) is 0.536. The molecule has 1 saturated carbocycles. The molecule has 7 heteroatoms. The number of esters is 1. The van der Waals surface area contributed by atoms with E-state index in [2.05, 4.69) is 17.2 Å². The van der Waals surface area contributed by atoms with Crippen molar-refractivity contribution in [1.29, 1.82) is 0 Å². The van der Waals surface area contributed by atoms with Gasteiger partial charge in [0.25, 0.3) is 11.5 Å². The van der Waals surface area contributed by atoms with E-state index in [9.17, 15) is 14.4 Å². The van der Waals surface area contributed by atoms with E-state index in [1.165, 1.54) is 0 Å². The summed E-state index contributed by atoms with van der Waals surface area (Å²) in [4.78, 5) is 40.4. The van der Waals surface area contributed by atoms with E-state index < -0.39 is 0 Å². The number of hydrogen-bond acceptors (Lipinski definition) is 4. The van der Waals surface area contributed by atoms with Crippen LogP contribution in [-0.4, -0.2) is 23.5 Å². The summed E-state index contributed by atoms with van der Waals surface area (Å²) in [7, 11) is 0. The van der Waals surface area contributed by atoms with Crippen LogP contribution in [0.3, 0.4) is 0 Å². The van der Waals surface area contributed by atoms with E-state index in [-0.39, 0.29) is 35.8 Å². The molecule has 0 spiro atoms. The number of nitrogens with one attached hydrogen (secondary N) is 2. The van der Waals surface area contributed by atoms with Crippen LogP contribution < -0.4 is 10.9 Å². The van der Waals surface area contributed by atoms with Crippen LogP contribution >= 0.6 is 11.6 Å². The maximum absolute atomic E-state index is 13.2. The van der Waals surface area contributed by atoms with Crippen LogP contribution in [0.1, 0.15) is 90.2 Å². The van der Waals surface area contributed by atoms with Crippen LogP contribution in [0.5, 0.6) is 0 Å². The lowest BCUT2D eigenvalue weighted by molar-refractivity contribution is -0.149. The van der Waals surface area contributed by atoms with Crippen molar-refractivity contribution in [3.8, 4) is 0 Å². The highest BCUT2D eigenvalue weighted by Gasteiger charge is 2.32. The van der Waals surface area contributed by atoms with Crippen molar-refractivity contribution in [2.24, 2.45) is 11.8 Å². The molecule has 1 aromatic carbocycles. The number of carbonyl (C=O) groups is 2. The van der Waals surface area contributed by atoms with E-state index in [4.69, 9.17) is 16.3 Å². The van der Waals surface area contributed by atoms with Gasteiger partial charge in [0.15, 0.2) is 0 Å². The molecule has 1 aromatic heterocycles. The Hall–Kier alpha value is -2.60. The Morgan fingerprint density at radius 1 is 1.11 bits per heavy atom. The fourth-order valence-corrected chi connectivity index (χ4v) is 5.74. The average molecular weight is 501 g/mol. The van der Waals surface area contributed by atoms with Crippen molar-refractivity contribution in [2.45, 2.75) is 79.2 Å². The van der Waals surface area contributed by atoms with Gasteiger partial charge in [0.05, 0.1) is 12.5 Å². The van der Waals surface area contributed by atoms with Gasteiger partial charge in [0.1, 0.15) is 0 Å². The number of hydrogen-bond donors (Lipinski definition) is 2. The smallest absolute Gasteiger partial charge is 0.308 e. The standard InChI is InChI=1S/C28H37ClN2O4/c1-6-22(19-8-10-20(11-9-19)28(34)35-7-2)23-13-21(29)14-24(18(23)5)26(32)30-15-25-16(3)12-17(4)31-27(25)33/h12-14,19-20,22H,6-11,15H2,1-5H3,(H,30,32)(H,31,33)/t19-,20+,22?. The molecule has 35 heavy (non-hydrogen) atoms. The molecule has 1 aliphatic rings. The van der Waals surface area contributed by atoms with Gasteiger partial charge in [-0.1, -0.05) is 18.5 Å². The second-order valence-electron chi connectivity index (χ2n) is 9.67. The highest BCUT2D eigenvalue weighted by atomic mass is 35.5. The third-order valence-corrected chi connectivity index (χ3v) is 7.60. The maximum atomic E-state index is 13.2. The first-order valence-corrected chi connectivity index (χ1v) is 13.0. The highest BCUT2D eigenvalue weighted by Crippen LogP contribution is 2.42. The Kier molecular flexibility index (Phi) is 9.17. The number of pyridine rings is 1. The Balaban J connectivity index is 1.78. The second-order valence-corrected chi connectivity index (χ2v) is 10.1. The summed E-state index contributed by atoms with van der Waals surface area (Å²) in [5.41, 5.74) is 4.55. The lowest BCUT2D eigenvalue weighted by atomic mass is 9.71. The van der Waals surface area contributed by atoms with E-state index in [1.807, 2.05) is 39.8 Å². The van der Waals surface area contributed by atoms with Gasteiger partial charge < -0.3 is 15.0 Å². The first kappa shape index (κ1) is 27.0. The molecule has 1 aliphatic carbocycles. The molecule has 1 fully saturated rings. The second kappa shape index (κ2) is 11.9. The lowest BCUT2D eigenvalue weighted by Gasteiger charge is -2.34. The molecular formula is C28H37ClN2O4. The molecule has 0 radical (unpaired) electrons. The van der Waals surface area contributed by atoms with Crippen LogP contribution in [0, 0.1) is 32.6 Å². The van der Waals surface area contributed by atoms with Crippen molar-refractivity contribution in [3.63, 3.8) is 0 Å². The summed E-state index contributed by atoms with van der Waals surface area (Å²) >= 11 is 6.49. The number of halogens is 1. The molecule has 3 rings (SSSR count). The van der Waals surface area contributed by atoms with Gasteiger partial charge in [-0.15, -0.1) is 0 Å². The third-order valence-electron chi connectivity index (χ3n) is 7.38. The molecule has 6 nitrogen and oxygen atoms in total. The molecule has 2 aromatic rings. The van der Waals surface area contributed by atoms with Gasteiger partial charge in [-0.05, 0) is 107 Å². The fourth-order valence-electron chi connectivity index (χ4n) is 5.51. The van der Waals surface area contributed by atoms with Crippen molar-refractivity contribution in [1.82, 2.24) is 10.3 Å². The quantitative estimate of drug-likeness (QED) is 0.452. The topological polar surface area (TPSA) is 88.3 Å². The Bertz CT molecular complexity index is 1130. The minimum Gasteiger partial charge on any atom is -0.466 e. The van der Waals surface area contributed by atoms with E-state index in [0.29, 0.717) is 28.7 Å². The largest absolute Gasteiger partial charge is 0.466 e. The van der Waals surface area contributed by atoms with Crippen LogP contribution in [0.4, 0.5) is 0 Å². The zero-order valence-corrected chi connectivity index (χ0v) is 22.2. The molecule has 1 unspecified atom stereocenters. The Morgan fingerprint density at radius 2 is 1.80 bits per heavy atom. The van der Waals surface area contributed by atoms with Crippen molar-refractivity contribution in [2.75, 3.05) is 6.61 Å². The minimum atomic E-state index is -0.244. The van der Waals surface area contributed by atoms with E-state index in [0.717, 1.165) is 54.5 Å². The summed E-state index contributed by atoms with van der Waals surface area (Å²) in [5.74, 6) is 0.336. The molecule has 0 aliphatic heterocycles. The average Bonchev–Trinajstić information content (AvgIpc) is 2.81. The molecule has 190 valence electrons. The van der Waals surface area contributed by atoms with Gasteiger partial charge in [-0.3, -0.25) is 14.4 Å². The van der Waals surface area contributed by atoms with Gasteiger partial charge in [0.2, 0.25) is 0 Å². The first-order chi connectivity index (χ1) is 16.7. The van der Waals surface area contributed by atoms with Crippen LogP contribution in [0.15, 0.2) is 23.0 Å². The summed E-state index contributed by atoms with van der Waals surface area (Å²) in [6.07, 6.45) is 4.49. The normalized spacial score (nSPS) is 18.7. The SMILES string of the molecule is CCOC(=O)[C@H]1CC[C@@H](C(CC)c2cc(Cl)cc(C(=O)NCc3c(C)cc(C)[nH]c3=O)c2C)CC1. The number of benzene rings is 1. The zero-order valence-electron chi connectivity index (χ0n) is 21.4. The van der Waals surface area contributed by atoms with E-state index in [1.54, 1.807) is 6.07 Å². The van der Waals surface area contributed by atoms with Gasteiger partial charge in [0, 0.05) is 28.4 Å². The minimum absolute atomic E-state index is 0.0149. The van der Waals surface area contributed by atoms with Crippen molar-refractivity contribution >= 4 is 23.5 Å². The first-order valence-electron chi connectivity index (χ1n) is 12.6. The lowest BCUT2D eigenvalue weighted by Crippen LogP contribution is -2.29. The number of carbonyl (C=O) groups excluding carboxylic acids is 2. The number of amides is 1. The van der Waals surface area contributed by atoms with Crippen LogP contribution in [-0.2, 0) is 16.1 Å². The number of rotatable bonds is 8. The number of aryl methyl sites for hydroxylation is 2. The number of aromatic nitrogens is 1. The number of aromatic amines is 1. The number of ether oxygens (including phenoxy) is 1. The Labute approximate surface area is 212 Å². The molecule has 1 amide bonds. The number of H-pyrrole nitrogens is 1. The monoisotopic (exact) mass is 500 g/mol. The molecule has 2 N–H and O–H groups in total. The van der Waals surface area contributed by atoms with Crippen LogP contribution in [0.2, 0.25) is 5.02 Å². The van der Waals surface area contributed by atoms with Crippen molar-refractivity contribution in [3.05, 3.63) is 67.1 Å². The van der Waals surface area contributed by atoms with E-state index >= 15 is 0 Å². The molecule has 1 heterocycles.